The van der Waals surface area contributed by atoms with Crippen molar-refractivity contribution >= 4 is 5.97 Å². The average Bonchev–Trinajstić information content (AvgIpc) is 2.71. The second-order valence-electron chi connectivity index (χ2n) is 7.43. The van der Waals surface area contributed by atoms with E-state index in [1.54, 1.807) is 0 Å². The van der Waals surface area contributed by atoms with Gasteiger partial charge in [-0.1, -0.05) is 13.3 Å². The molecule has 5 unspecified atom stereocenters. The van der Waals surface area contributed by atoms with Crippen molar-refractivity contribution in [3.8, 4) is 0 Å². The molecule has 3 aliphatic rings. The normalized spacial score (nSPS) is 41.9. The molecule has 2 heterocycles. The molecule has 4 heteroatoms. The van der Waals surface area contributed by atoms with Crippen LogP contribution in [0.5, 0.6) is 0 Å². The second-order valence-corrected chi connectivity index (χ2v) is 7.43. The van der Waals surface area contributed by atoms with E-state index in [-0.39, 0.29) is 12.0 Å². The summed E-state index contributed by atoms with van der Waals surface area (Å²) in [6, 6.07) is 1.65. The van der Waals surface area contributed by atoms with Gasteiger partial charge in [-0.05, 0) is 51.5 Å². The fourth-order valence-corrected chi connectivity index (χ4v) is 4.93. The highest BCUT2D eigenvalue weighted by Crippen LogP contribution is 2.37. The molecular formula is C17H30N2O2. The minimum Gasteiger partial charge on any atom is -0.481 e. The first-order chi connectivity index (χ1) is 10.1. The molecule has 4 nitrogen and oxygen atoms in total. The zero-order chi connectivity index (χ0) is 15.0. The van der Waals surface area contributed by atoms with Gasteiger partial charge in [-0.2, -0.15) is 0 Å². The molecule has 0 aromatic heterocycles. The topological polar surface area (TPSA) is 43.8 Å². The van der Waals surface area contributed by atoms with E-state index in [0.29, 0.717) is 6.04 Å². The van der Waals surface area contributed by atoms with Gasteiger partial charge in [0.1, 0.15) is 0 Å². The van der Waals surface area contributed by atoms with Crippen molar-refractivity contribution in [1.29, 1.82) is 0 Å². The molecule has 0 aromatic rings. The standard InChI is InChI=1S/C17H30N2O2/c1-3-12-4-7-15(17(20)21)16(10-12)19-9-8-13-5-6-14(11-19)18(13)2/h12-16H,3-11H2,1-2H3,(H,20,21). The fraction of sp³-hybridized carbons (Fsp3) is 0.941. The number of hydrogen-bond acceptors (Lipinski definition) is 3. The van der Waals surface area contributed by atoms with Crippen LogP contribution in [0.15, 0.2) is 0 Å². The third-order valence-corrected chi connectivity index (χ3v) is 6.47. The van der Waals surface area contributed by atoms with Gasteiger partial charge in [-0.15, -0.1) is 0 Å². The van der Waals surface area contributed by atoms with E-state index in [9.17, 15) is 9.90 Å². The number of likely N-dealkylation sites (tertiary alicyclic amines) is 1. The summed E-state index contributed by atoms with van der Waals surface area (Å²) in [7, 11) is 2.26. The smallest absolute Gasteiger partial charge is 0.308 e. The molecule has 21 heavy (non-hydrogen) atoms. The fourth-order valence-electron chi connectivity index (χ4n) is 4.93. The number of hydrogen-bond donors (Lipinski definition) is 1. The third-order valence-electron chi connectivity index (χ3n) is 6.47. The van der Waals surface area contributed by atoms with Crippen LogP contribution < -0.4 is 0 Å². The molecule has 0 aromatic carbocycles. The zero-order valence-electron chi connectivity index (χ0n) is 13.5. The summed E-state index contributed by atoms with van der Waals surface area (Å²) in [6.45, 7) is 4.43. The Morgan fingerprint density at radius 3 is 2.62 bits per heavy atom. The van der Waals surface area contributed by atoms with Gasteiger partial charge in [0.15, 0.2) is 0 Å². The van der Waals surface area contributed by atoms with Crippen LogP contribution in [0.1, 0.15) is 51.9 Å². The maximum Gasteiger partial charge on any atom is 0.308 e. The van der Waals surface area contributed by atoms with Gasteiger partial charge in [0, 0.05) is 31.2 Å². The Bertz CT molecular complexity index is 387. The van der Waals surface area contributed by atoms with Crippen LogP contribution in [-0.4, -0.2) is 59.1 Å². The minimum absolute atomic E-state index is 0.144. The number of carbonyl (C=O) groups is 1. The Labute approximate surface area is 128 Å². The number of rotatable bonds is 3. The van der Waals surface area contributed by atoms with E-state index in [0.717, 1.165) is 44.3 Å². The monoisotopic (exact) mass is 294 g/mol. The molecule has 5 atom stereocenters. The lowest BCUT2D eigenvalue weighted by atomic mass is 9.76. The molecule has 1 aliphatic carbocycles. The maximum atomic E-state index is 11.7. The summed E-state index contributed by atoms with van der Waals surface area (Å²) < 4.78 is 0. The molecule has 120 valence electrons. The summed E-state index contributed by atoms with van der Waals surface area (Å²) in [5.74, 6) is 0.0100. The van der Waals surface area contributed by atoms with Gasteiger partial charge < -0.3 is 5.11 Å². The van der Waals surface area contributed by atoms with Crippen molar-refractivity contribution in [3.05, 3.63) is 0 Å². The Morgan fingerprint density at radius 2 is 1.90 bits per heavy atom. The molecule has 2 bridgehead atoms. The first kappa shape index (κ1) is 15.3. The number of fused-ring (bicyclic) bond motifs is 2. The highest BCUT2D eigenvalue weighted by molar-refractivity contribution is 5.71. The first-order valence-corrected chi connectivity index (χ1v) is 8.79. The van der Waals surface area contributed by atoms with Gasteiger partial charge in [0.2, 0.25) is 0 Å². The number of aliphatic carboxylic acids is 1. The second kappa shape index (κ2) is 6.25. The molecule has 2 aliphatic heterocycles. The van der Waals surface area contributed by atoms with Gasteiger partial charge in [0.25, 0.3) is 0 Å². The number of carboxylic acids is 1. The average molecular weight is 294 g/mol. The van der Waals surface area contributed by atoms with E-state index in [2.05, 4.69) is 23.8 Å². The third kappa shape index (κ3) is 2.98. The molecule has 1 N–H and O–H groups in total. The zero-order valence-corrected chi connectivity index (χ0v) is 13.5. The van der Waals surface area contributed by atoms with Crippen LogP contribution in [0.2, 0.25) is 0 Å². The van der Waals surface area contributed by atoms with Crippen molar-refractivity contribution in [1.82, 2.24) is 9.80 Å². The Hall–Kier alpha value is -0.610. The summed E-state index contributed by atoms with van der Waals surface area (Å²) in [6.07, 6.45) is 8.10. The van der Waals surface area contributed by atoms with E-state index >= 15 is 0 Å². The Kier molecular flexibility index (Phi) is 4.55. The van der Waals surface area contributed by atoms with Crippen LogP contribution in [0.25, 0.3) is 0 Å². The molecule has 1 saturated carbocycles. The quantitative estimate of drug-likeness (QED) is 0.868. The van der Waals surface area contributed by atoms with Crippen LogP contribution in [0, 0.1) is 11.8 Å². The van der Waals surface area contributed by atoms with E-state index < -0.39 is 5.97 Å². The molecule has 0 amide bonds. The summed E-state index contributed by atoms with van der Waals surface area (Å²) in [4.78, 5) is 16.8. The highest BCUT2D eigenvalue weighted by atomic mass is 16.4. The summed E-state index contributed by atoms with van der Waals surface area (Å²) >= 11 is 0. The van der Waals surface area contributed by atoms with Crippen LogP contribution in [0.4, 0.5) is 0 Å². The lowest BCUT2D eigenvalue weighted by Crippen LogP contribution is -2.50. The van der Waals surface area contributed by atoms with Crippen LogP contribution >= 0.6 is 0 Å². The molecule has 3 rings (SSSR count). The summed E-state index contributed by atoms with van der Waals surface area (Å²) in [5.41, 5.74) is 0. The van der Waals surface area contributed by atoms with Crippen molar-refractivity contribution in [2.45, 2.75) is 70.0 Å². The van der Waals surface area contributed by atoms with Crippen molar-refractivity contribution in [3.63, 3.8) is 0 Å². The Balaban J connectivity index is 1.74. The van der Waals surface area contributed by atoms with Gasteiger partial charge >= 0.3 is 5.97 Å². The summed E-state index contributed by atoms with van der Waals surface area (Å²) in [5, 5.41) is 9.62. The van der Waals surface area contributed by atoms with Crippen molar-refractivity contribution < 1.29 is 9.90 Å². The molecular weight excluding hydrogens is 264 g/mol. The predicted octanol–water partition coefficient (Wildman–Crippen LogP) is 2.43. The van der Waals surface area contributed by atoms with Crippen LogP contribution in [0.3, 0.4) is 0 Å². The molecule has 0 radical (unpaired) electrons. The van der Waals surface area contributed by atoms with Gasteiger partial charge in [-0.25, -0.2) is 0 Å². The van der Waals surface area contributed by atoms with E-state index in [4.69, 9.17) is 0 Å². The molecule has 2 saturated heterocycles. The van der Waals surface area contributed by atoms with E-state index in [1.165, 1.54) is 25.7 Å². The van der Waals surface area contributed by atoms with Gasteiger partial charge in [0.05, 0.1) is 5.92 Å². The lowest BCUT2D eigenvalue weighted by Gasteiger charge is -2.41. The highest BCUT2D eigenvalue weighted by Gasteiger charge is 2.42. The minimum atomic E-state index is -0.572. The number of nitrogens with zero attached hydrogens (tertiary/aromatic N) is 2. The largest absolute Gasteiger partial charge is 0.481 e. The SMILES string of the molecule is CCC1CCC(C(=O)O)C(N2CCC3CCC(C2)N3C)C1. The molecule has 0 spiro atoms. The molecule has 3 fully saturated rings. The van der Waals surface area contributed by atoms with Crippen molar-refractivity contribution in [2.24, 2.45) is 11.8 Å². The van der Waals surface area contributed by atoms with Crippen LogP contribution in [-0.2, 0) is 4.79 Å². The predicted molar refractivity (Wildman–Crippen MR) is 83.3 cm³/mol. The number of carboxylic acid groups (broad SMARTS) is 1. The van der Waals surface area contributed by atoms with Gasteiger partial charge in [-0.3, -0.25) is 14.6 Å². The van der Waals surface area contributed by atoms with Crippen molar-refractivity contribution in [2.75, 3.05) is 20.1 Å². The van der Waals surface area contributed by atoms with E-state index in [1.807, 2.05) is 0 Å². The first-order valence-electron chi connectivity index (χ1n) is 8.79. The maximum absolute atomic E-state index is 11.7. The number of likely N-dealkylation sites (N-methyl/N-ethyl adjacent to an activating group) is 1. The Morgan fingerprint density at radius 1 is 1.14 bits per heavy atom. The lowest BCUT2D eigenvalue weighted by molar-refractivity contribution is -0.146.